The van der Waals surface area contributed by atoms with Crippen LogP contribution in [0.2, 0.25) is 5.02 Å². The zero-order chi connectivity index (χ0) is 24.9. The first-order valence-corrected chi connectivity index (χ1v) is 13.6. The molecule has 0 bridgehead atoms. The molecule has 3 heterocycles. The van der Waals surface area contributed by atoms with Crippen molar-refractivity contribution in [2.75, 3.05) is 25.0 Å². The van der Waals surface area contributed by atoms with Crippen LogP contribution in [0.25, 0.3) is 10.9 Å². The smallest absolute Gasteiger partial charge is 0.222 e. The predicted molar refractivity (Wildman–Crippen MR) is 151 cm³/mol. The van der Waals surface area contributed by atoms with Crippen molar-refractivity contribution in [3.63, 3.8) is 0 Å². The number of aliphatic imine (C=N–C) groups is 2. The Morgan fingerprint density at radius 1 is 1.11 bits per heavy atom. The Bertz CT molecular complexity index is 1330. The number of anilines is 1. The average Bonchev–Trinajstić information content (AvgIpc) is 3.59. The average molecular weight is 524 g/mol. The first-order valence-electron chi connectivity index (χ1n) is 12.8. The van der Waals surface area contributed by atoms with Crippen LogP contribution in [0.4, 0.5) is 5.69 Å². The molecular formula is C28H32Cl2N6. The molecule has 0 radical (unpaired) electrons. The molecule has 6 rings (SSSR count). The van der Waals surface area contributed by atoms with Gasteiger partial charge in [-0.1, -0.05) is 23.7 Å². The number of piperazine rings is 1. The lowest BCUT2D eigenvalue weighted by atomic mass is 9.98. The fraction of sp³-hybridized carbons (Fsp3) is 0.429. The van der Waals surface area contributed by atoms with Crippen LogP contribution in [0.15, 0.2) is 52.6 Å². The van der Waals surface area contributed by atoms with Crippen molar-refractivity contribution in [1.82, 2.24) is 15.2 Å². The van der Waals surface area contributed by atoms with Crippen LogP contribution >= 0.6 is 23.2 Å². The van der Waals surface area contributed by atoms with Gasteiger partial charge in [0.25, 0.3) is 0 Å². The number of guanidine groups is 1. The zero-order valence-corrected chi connectivity index (χ0v) is 22.2. The number of fused-ring (bicyclic) bond motifs is 1. The summed E-state index contributed by atoms with van der Waals surface area (Å²) in [4.78, 5) is 14.4. The van der Waals surface area contributed by atoms with Gasteiger partial charge in [-0.25, -0.2) is 9.98 Å². The van der Waals surface area contributed by atoms with E-state index < -0.39 is 4.87 Å². The first kappa shape index (κ1) is 24.0. The van der Waals surface area contributed by atoms with Crippen molar-refractivity contribution < 1.29 is 0 Å². The lowest BCUT2D eigenvalue weighted by molar-refractivity contribution is 0.166. The van der Waals surface area contributed by atoms with Crippen LogP contribution in [0.3, 0.4) is 0 Å². The number of benzene rings is 2. The van der Waals surface area contributed by atoms with E-state index in [4.69, 9.17) is 28.2 Å². The highest BCUT2D eigenvalue weighted by Gasteiger charge is 2.33. The minimum atomic E-state index is -0.798. The summed E-state index contributed by atoms with van der Waals surface area (Å²) < 4.78 is 0. The molecule has 6 nitrogen and oxygen atoms in total. The molecule has 3 N–H and O–H groups in total. The van der Waals surface area contributed by atoms with Crippen LogP contribution in [0.5, 0.6) is 0 Å². The number of hydrogen-bond acceptors (Lipinski definition) is 5. The molecule has 0 spiro atoms. The molecular weight excluding hydrogens is 491 g/mol. The highest BCUT2D eigenvalue weighted by atomic mass is 35.5. The molecule has 3 atom stereocenters. The number of nitrogens with one attached hydrogen (secondary N) is 3. The number of aromatic nitrogens is 1. The van der Waals surface area contributed by atoms with Gasteiger partial charge in [0.15, 0.2) is 0 Å². The second-order valence-electron chi connectivity index (χ2n) is 10.7. The van der Waals surface area contributed by atoms with Gasteiger partial charge in [0.1, 0.15) is 4.87 Å². The lowest BCUT2D eigenvalue weighted by Gasteiger charge is -2.36. The standard InChI is InChI=1S/C28H32Cl2N6/c1-17-12-36(13-18(2)34-17)14-19-7-21(20-3-4-20)9-23(8-19)35-27-32-15-28(30,16-33-27)25-11-31-26-10-22(29)5-6-24(25)26/h5-11,15,17-18,20,31,34H,3-4,12-14,16H2,1-2H3,(H,33,35)/t17-,18+,28?. The number of halogens is 2. The quantitative estimate of drug-likeness (QED) is 0.367. The maximum absolute atomic E-state index is 7.01. The summed E-state index contributed by atoms with van der Waals surface area (Å²) in [7, 11) is 0. The van der Waals surface area contributed by atoms with E-state index in [0.717, 1.165) is 41.8 Å². The topological polar surface area (TPSA) is 67.8 Å². The number of hydrogen-bond donors (Lipinski definition) is 3. The van der Waals surface area contributed by atoms with Gasteiger partial charge in [-0.15, -0.1) is 11.6 Å². The van der Waals surface area contributed by atoms with Crippen molar-refractivity contribution in [1.29, 1.82) is 0 Å². The largest absolute Gasteiger partial charge is 0.361 e. The molecule has 1 saturated carbocycles. The van der Waals surface area contributed by atoms with Crippen molar-refractivity contribution in [3.8, 4) is 0 Å². The maximum atomic E-state index is 7.01. The summed E-state index contributed by atoms with van der Waals surface area (Å²) in [6.07, 6.45) is 6.27. The van der Waals surface area contributed by atoms with Gasteiger partial charge in [-0.2, -0.15) is 0 Å². The second-order valence-corrected chi connectivity index (χ2v) is 11.8. The fourth-order valence-electron chi connectivity index (χ4n) is 5.59. The first-order chi connectivity index (χ1) is 17.3. The lowest BCUT2D eigenvalue weighted by Crippen LogP contribution is -2.53. The molecule has 2 aromatic carbocycles. The zero-order valence-electron chi connectivity index (χ0n) is 20.7. The van der Waals surface area contributed by atoms with Crippen molar-refractivity contribution in [3.05, 3.63) is 64.3 Å². The van der Waals surface area contributed by atoms with Crippen molar-refractivity contribution >= 4 is 52.0 Å². The Morgan fingerprint density at radius 2 is 1.92 bits per heavy atom. The molecule has 3 aliphatic rings. The van der Waals surface area contributed by atoms with Gasteiger partial charge in [0, 0.05) is 71.3 Å². The van der Waals surface area contributed by atoms with Crippen molar-refractivity contribution in [2.24, 2.45) is 9.98 Å². The molecule has 8 heteroatoms. The Kier molecular flexibility index (Phi) is 6.32. The fourth-order valence-corrected chi connectivity index (χ4v) is 6.03. The van der Waals surface area contributed by atoms with Gasteiger partial charge in [0.05, 0.1) is 6.54 Å². The van der Waals surface area contributed by atoms with Crippen molar-refractivity contribution in [2.45, 2.75) is 56.1 Å². The number of rotatable bonds is 5. The third-order valence-electron chi connectivity index (χ3n) is 7.30. The summed E-state index contributed by atoms with van der Waals surface area (Å²) in [6.45, 7) is 8.01. The van der Waals surface area contributed by atoms with E-state index in [-0.39, 0.29) is 0 Å². The summed E-state index contributed by atoms with van der Waals surface area (Å²) in [5.41, 5.74) is 5.71. The van der Waals surface area contributed by atoms with Gasteiger partial charge in [0.2, 0.25) is 5.96 Å². The number of alkyl halides is 1. The van der Waals surface area contributed by atoms with E-state index in [1.54, 1.807) is 6.21 Å². The van der Waals surface area contributed by atoms with Gasteiger partial charge in [-0.3, -0.25) is 4.90 Å². The molecule has 1 saturated heterocycles. The summed E-state index contributed by atoms with van der Waals surface area (Å²) in [6, 6.07) is 13.7. The number of aromatic amines is 1. The van der Waals surface area contributed by atoms with Crippen LogP contribution in [0, 0.1) is 0 Å². The van der Waals surface area contributed by atoms with Crippen LogP contribution in [0.1, 0.15) is 49.3 Å². The van der Waals surface area contributed by atoms with E-state index >= 15 is 0 Å². The van der Waals surface area contributed by atoms with E-state index in [9.17, 15) is 0 Å². The van der Waals surface area contributed by atoms with Gasteiger partial charge >= 0.3 is 0 Å². The van der Waals surface area contributed by atoms with Crippen LogP contribution in [-0.4, -0.2) is 53.8 Å². The summed E-state index contributed by atoms with van der Waals surface area (Å²) >= 11 is 13.2. The Balaban J connectivity index is 1.20. The Labute approximate surface area is 222 Å². The van der Waals surface area contributed by atoms with Gasteiger partial charge in [-0.05, 0) is 68.0 Å². The number of H-pyrrole nitrogens is 1. The second kappa shape index (κ2) is 9.49. The predicted octanol–water partition coefficient (Wildman–Crippen LogP) is 5.87. The molecule has 3 aromatic rings. The number of nitrogens with zero attached hydrogens (tertiary/aromatic N) is 3. The summed E-state index contributed by atoms with van der Waals surface area (Å²) in [5.74, 6) is 1.27. The highest BCUT2D eigenvalue weighted by Crippen LogP contribution is 2.41. The van der Waals surface area contributed by atoms with E-state index in [1.165, 1.54) is 24.0 Å². The van der Waals surface area contributed by atoms with E-state index in [1.807, 2.05) is 24.4 Å². The van der Waals surface area contributed by atoms with E-state index in [2.05, 4.69) is 57.6 Å². The molecule has 2 fully saturated rings. The van der Waals surface area contributed by atoms with Crippen LogP contribution in [-0.2, 0) is 11.4 Å². The monoisotopic (exact) mass is 522 g/mol. The minimum Gasteiger partial charge on any atom is -0.361 e. The molecule has 2 aliphatic heterocycles. The maximum Gasteiger partial charge on any atom is 0.222 e. The Morgan fingerprint density at radius 3 is 2.64 bits per heavy atom. The molecule has 36 heavy (non-hydrogen) atoms. The molecule has 1 aliphatic carbocycles. The van der Waals surface area contributed by atoms with E-state index in [0.29, 0.717) is 35.5 Å². The molecule has 0 amide bonds. The third kappa shape index (κ3) is 5.05. The third-order valence-corrected chi connectivity index (χ3v) is 7.96. The minimum absolute atomic E-state index is 0.404. The molecule has 1 aromatic heterocycles. The Hall–Kier alpha value is -2.38. The normalized spacial score (nSPS) is 26.8. The highest BCUT2D eigenvalue weighted by molar-refractivity contribution is 6.35. The molecule has 1 unspecified atom stereocenters. The summed E-state index contributed by atoms with van der Waals surface area (Å²) in [5, 5.41) is 8.81. The SMILES string of the molecule is C[C@@H]1CN(Cc2cc(NC3=NCC(Cl)(c4c[nH]c5cc(Cl)ccc45)C=N3)cc(C3CC3)c2)C[C@H](C)N1. The van der Waals surface area contributed by atoms with Gasteiger partial charge < -0.3 is 15.6 Å². The van der Waals surface area contributed by atoms with Crippen LogP contribution < -0.4 is 10.6 Å². The molecule has 188 valence electrons.